The number of benzene rings is 2. The smallest absolute Gasteiger partial charge is 0.266 e. The molecular weight excluding hydrogens is 424 g/mol. The molecule has 2 heterocycles. The third kappa shape index (κ3) is 4.19. The molecule has 4 rings (SSSR count). The zero-order chi connectivity index (χ0) is 21.1. The molecule has 0 spiro atoms. The van der Waals surface area contributed by atoms with Gasteiger partial charge in [0.2, 0.25) is 5.91 Å². The van der Waals surface area contributed by atoms with Gasteiger partial charge in [-0.2, -0.15) is 0 Å². The number of nitrogens with zero attached hydrogens (tertiary/aromatic N) is 3. The Morgan fingerprint density at radius 3 is 2.83 bits per heavy atom. The molecule has 8 nitrogen and oxygen atoms in total. The van der Waals surface area contributed by atoms with Crippen molar-refractivity contribution in [1.82, 2.24) is 15.2 Å². The molecule has 0 atom stereocenters. The third-order valence-corrected chi connectivity index (χ3v) is 5.79. The van der Waals surface area contributed by atoms with Crippen LogP contribution in [-0.2, 0) is 9.59 Å². The topological polar surface area (TPSA) is 97.6 Å². The van der Waals surface area contributed by atoms with Crippen LogP contribution in [0.2, 0.25) is 0 Å². The van der Waals surface area contributed by atoms with E-state index in [1.54, 1.807) is 31.4 Å². The van der Waals surface area contributed by atoms with Crippen LogP contribution in [0.15, 0.2) is 52.0 Å². The van der Waals surface area contributed by atoms with Gasteiger partial charge in [-0.3, -0.25) is 14.5 Å². The molecular formula is C20H16N4O4S2. The number of aromatic nitrogens is 2. The number of anilines is 1. The largest absolute Gasteiger partial charge is 0.497 e. The number of rotatable bonds is 6. The fourth-order valence-corrected chi connectivity index (χ4v) is 4.19. The lowest BCUT2D eigenvalue weighted by Crippen LogP contribution is -2.31. The molecule has 0 radical (unpaired) electrons. The minimum atomic E-state index is -0.265. The van der Waals surface area contributed by atoms with Gasteiger partial charge in [0.15, 0.2) is 5.52 Å². The van der Waals surface area contributed by atoms with E-state index in [2.05, 4.69) is 15.6 Å². The van der Waals surface area contributed by atoms with Gasteiger partial charge >= 0.3 is 0 Å². The van der Waals surface area contributed by atoms with E-state index in [1.807, 2.05) is 24.3 Å². The van der Waals surface area contributed by atoms with Crippen molar-refractivity contribution in [3.05, 3.63) is 52.9 Å². The van der Waals surface area contributed by atoms with Gasteiger partial charge in [-0.05, 0) is 46.2 Å². The Hall–Kier alpha value is -3.24. The zero-order valence-electron chi connectivity index (χ0n) is 15.8. The maximum Gasteiger partial charge on any atom is 0.266 e. The summed E-state index contributed by atoms with van der Waals surface area (Å²) in [6.45, 7) is 0.184. The van der Waals surface area contributed by atoms with Crippen LogP contribution in [0.1, 0.15) is 12.0 Å². The first-order valence-corrected chi connectivity index (χ1v) is 10.2. The molecule has 2 aromatic carbocycles. The third-order valence-electron chi connectivity index (χ3n) is 4.41. The number of carbonyl (C=O) groups excluding carboxylic acids is 2. The number of hydrogen-bond donors (Lipinski definition) is 1. The molecule has 1 N–H and O–H groups in total. The number of amides is 2. The van der Waals surface area contributed by atoms with E-state index >= 15 is 0 Å². The zero-order valence-corrected chi connectivity index (χ0v) is 17.5. The summed E-state index contributed by atoms with van der Waals surface area (Å²) < 4.78 is 10.3. The lowest BCUT2D eigenvalue weighted by Gasteiger charge is -2.14. The highest BCUT2D eigenvalue weighted by Crippen LogP contribution is 2.33. The maximum absolute atomic E-state index is 12.7. The van der Waals surface area contributed by atoms with Crippen molar-refractivity contribution < 1.29 is 19.0 Å². The fourth-order valence-electron chi connectivity index (χ4n) is 2.88. The predicted molar refractivity (Wildman–Crippen MR) is 118 cm³/mol. The van der Waals surface area contributed by atoms with Crippen LogP contribution in [0, 0.1) is 0 Å². The van der Waals surface area contributed by atoms with E-state index in [1.165, 1.54) is 16.7 Å². The Bertz CT molecular complexity index is 1160. The number of thioether (sulfide) groups is 1. The molecule has 2 amide bonds. The van der Waals surface area contributed by atoms with E-state index in [0.29, 0.717) is 25.9 Å². The average Bonchev–Trinajstić information content (AvgIpc) is 3.33. The molecule has 10 heteroatoms. The molecule has 0 saturated carbocycles. The van der Waals surface area contributed by atoms with E-state index in [9.17, 15) is 9.59 Å². The second-order valence-electron chi connectivity index (χ2n) is 6.34. The Labute approximate surface area is 181 Å². The summed E-state index contributed by atoms with van der Waals surface area (Å²) in [7, 11) is 1.60. The normalized spacial score (nSPS) is 15.2. The van der Waals surface area contributed by atoms with Crippen LogP contribution in [0.25, 0.3) is 17.1 Å². The van der Waals surface area contributed by atoms with Crippen LogP contribution in [0.5, 0.6) is 5.75 Å². The standard InChI is InChI=1S/C20H16N4O4S2/c1-27-13-7-5-12(6-8-13)11-16-19(26)24(20(29)30-16)10-9-17(25)21-14-3-2-4-15-18(14)23-28-22-15/h2-8,11H,9-10H2,1H3,(H,21,25)/b16-11+. The average molecular weight is 441 g/mol. The maximum atomic E-state index is 12.7. The summed E-state index contributed by atoms with van der Waals surface area (Å²) in [5.74, 6) is 0.262. The summed E-state index contributed by atoms with van der Waals surface area (Å²) >= 11 is 6.55. The molecule has 3 aromatic rings. The van der Waals surface area contributed by atoms with Crippen LogP contribution in [0.4, 0.5) is 5.69 Å². The first-order valence-electron chi connectivity index (χ1n) is 8.96. The lowest BCUT2D eigenvalue weighted by atomic mass is 10.2. The summed E-state index contributed by atoms with van der Waals surface area (Å²) in [4.78, 5) is 27.0. The SMILES string of the molecule is COc1ccc(/C=C2/SC(=S)N(CCC(=O)Nc3cccc4nonc34)C2=O)cc1. The molecule has 1 aromatic heterocycles. The molecule has 0 unspecified atom stereocenters. The van der Waals surface area contributed by atoms with E-state index in [-0.39, 0.29) is 24.8 Å². The molecule has 1 fully saturated rings. The van der Waals surface area contributed by atoms with Crippen LogP contribution in [-0.4, -0.2) is 45.0 Å². The van der Waals surface area contributed by atoms with Crippen LogP contribution < -0.4 is 10.1 Å². The highest BCUT2D eigenvalue weighted by Gasteiger charge is 2.32. The summed E-state index contributed by atoms with van der Waals surface area (Å²) in [6, 6.07) is 12.5. The van der Waals surface area contributed by atoms with Crippen molar-refractivity contribution in [2.24, 2.45) is 0 Å². The molecule has 30 heavy (non-hydrogen) atoms. The minimum Gasteiger partial charge on any atom is -0.497 e. The number of methoxy groups -OCH3 is 1. The molecule has 1 aliphatic rings. The molecule has 1 aliphatic heterocycles. The van der Waals surface area contributed by atoms with Crippen molar-refractivity contribution in [3.63, 3.8) is 0 Å². The first kappa shape index (κ1) is 20.0. The Morgan fingerprint density at radius 1 is 1.27 bits per heavy atom. The van der Waals surface area contributed by atoms with Gasteiger partial charge in [-0.15, -0.1) is 0 Å². The Kier molecular flexibility index (Phi) is 5.77. The molecule has 1 saturated heterocycles. The highest BCUT2D eigenvalue weighted by molar-refractivity contribution is 8.26. The van der Waals surface area contributed by atoms with Gasteiger partial charge < -0.3 is 10.1 Å². The Morgan fingerprint density at radius 2 is 2.07 bits per heavy atom. The summed E-state index contributed by atoms with van der Waals surface area (Å²) in [5, 5.41) is 10.3. The highest BCUT2D eigenvalue weighted by atomic mass is 32.2. The Balaban J connectivity index is 1.39. The van der Waals surface area contributed by atoms with Gasteiger partial charge in [0.25, 0.3) is 5.91 Å². The number of ether oxygens (including phenoxy) is 1. The molecule has 0 aliphatic carbocycles. The fraction of sp³-hybridized carbons (Fsp3) is 0.150. The van der Waals surface area contributed by atoms with Crippen LogP contribution >= 0.6 is 24.0 Å². The van der Waals surface area contributed by atoms with Crippen molar-refractivity contribution in [2.45, 2.75) is 6.42 Å². The van der Waals surface area contributed by atoms with Gasteiger partial charge in [0, 0.05) is 13.0 Å². The van der Waals surface area contributed by atoms with Gasteiger partial charge in [0.1, 0.15) is 15.6 Å². The second-order valence-corrected chi connectivity index (χ2v) is 8.02. The number of nitrogens with one attached hydrogen (secondary N) is 1. The first-order chi connectivity index (χ1) is 14.5. The number of hydrogen-bond acceptors (Lipinski definition) is 8. The number of carbonyl (C=O) groups is 2. The van der Waals surface area contributed by atoms with Crippen molar-refractivity contribution in [2.75, 3.05) is 19.0 Å². The van der Waals surface area contributed by atoms with E-state index in [0.717, 1.165) is 11.3 Å². The van der Waals surface area contributed by atoms with Gasteiger partial charge in [0.05, 0.1) is 17.7 Å². The number of thiocarbonyl (C=S) groups is 1. The summed E-state index contributed by atoms with van der Waals surface area (Å²) in [6.07, 6.45) is 1.86. The van der Waals surface area contributed by atoms with Crippen molar-refractivity contribution >= 4 is 62.9 Å². The van der Waals surface area contributed by atoms with Crippen molar-refractivity contribution in [3.8, 4) is 5.75 Å². The number of fused-ring (bicyclic) bond motifs is 1. The van der Waals surface area contributed by atoms with E-state index < -0.39 is 0 Å². The lowest BCUT2D eigenvalue weighted by molar-refractivity contribution is -0.122. The summed E-state index contributed by atoms with van der Waals surface area (Å²) in [5.41, 5.74) is 2.39. The quantitative estimate of drug-likeness (QED) is 0.460. The second kappa shape index (κ2) is 8.64. The monoisotopic (exact) mass is 440 g/mol. The minimum absolute atomic E-state index is 0.0872. The van der Waals surface area contributed by atoms with E-state index in [4.69, 9.17) is 21.6 Å². The molecule has 152 valence electrons. The molecule has 0 bridgehead atoms. The van der Waals surface area contributed by atoms with Crippen molar-refractivity contribution in [1.29, 1.82) is 0 Å². The van der Waals surface area contributed by atoms with Gasteiger partial charge in [-0.25, -0.2) is 4.63 Å². The predicted octanol–water partition coefficient (Wildman–Crippen LogP) is 3.46. The van der Waals surface area contributed by atoms with Gasteiger partial charge in [-0.1, -0.05) is 42.2 Å². The van der Waals surface area contributed by atoms with Crippen LogP contribution in [0.3, 0.4) is 0 Å².